The fourth-order valence-electron chi connectivity index (χ4n) is 2.80. The van der Waals surface area contributed by atoms with Crippen molar-refractivity contribution in [1.82, 2.24) is 4.90 Å². The Hall–Kier alpha value is -3.56. The van der Waals surface area contributed by atoms with Crippen LogP contribution in [0, 0.1) is 20.2 Å². The number of nitrogens with zero attached hydrogens (tertiary/aromatic N) is 3. The van der Waals surface area contributed by atoms with E-state index in [4.69, 9.17) is 26.8 Å². The number of carboxylic acids is 1. The standard InChI is InChI=1S/C19H12BrN3O9S2/c1-31-14-5-9(6-15-18(26)21(8-16(24)25)19(33)34-15)4-11(20)17(14)32-13-3-2-10(22(27)28)7-12(13)23(29)30/h2-7H,8H2,1H3,(H,24,25)/b15-6+. The summed E-state index contributed by atoms with van der Waals surface area (Å²) in [5.41, 5.74) is -0.625. The average molecular weight is 570 g/mol. The third-order valence-electron chi connectivity index (χ3n) is 4.28. The number of benzene rings is 2. The molecular formula is C19H12BrN3O9S2. The highest BCUT2D eigenvalue weighted by Gasteiger charge is 2.33. The number of thiocarbonyl (C=S) groups is 1. The summed E-state index contributed by atoms with van der Waals surface area (Å²) in [4.78, 5) is 45.4. The number of carbonyl (C=O) groups excluding carboxylic acids is 1. The fraction of sp³-hybridized carbons (Fsp3) is 0.105. The number of amides is 1. The van der Waals surface area contributed by atoms with Gasteiger partial charge in [0.2, 0.25) is 5.75 Å². The van der Waals surface area contributed by atoms with Gasteiger partial charge >= 0.3 is 11.7 Å². The Balaban J connectivity index is 1.97. The summed E-state index contributed by atoms with van der Waals surface area (Å²) in [6, 6.07) is 5.98. The van der Waals surface area contributed by atoms with Gasteiger partial charge in [0.15, 0.2) is 11.5 Å². The van der Waals surface area contributed by atoms with Gasteiger partial charge in [-0.3, -0.25) is 34.7 Å². The number of aliphatic carboxylic acids is 1. The van der Waals surface area contributed by atoms with Gasteiger partial charge in [-0.05, 0) is 45.8 Å². The van der Waals surface area contributed by atoms with Crippen LogP contribution in [0.3, 0.4) is 0 Å². The third kappa shape index (κ3) is 5.32. The number of hydrogen-bond acceptors (Lipinski definition) is 10. The maximum Gasteiger partial charge on any atom is 0.323 e. The molecule has 1 N–H and O–H groups in total. The largest absolute Gasteiger partial charge is 0.493 e. The molecule has 2 aromatic carbocycles. The van der Waals surface area contributed by atoms with Crippen molar-refractivity contribution in [2.75, 3.05) is 13.7 Å². The number of hydrogen-bond donors (Lipinski definition) is 1. The quantitative estimate of drug-likeness (QED) is 0.208. The molecule has 1 heterocycles. The van der Waals surface area contributed by atoms with Gasteiger partial charge in [-0.25, -0.2) is 0 Å². The molecule has 34 heavy (non-hydrogen) atoms. The zero-order chi connectivity index (χ0) is 25.2. The van der Waals surface area contributed by atoms with Crippen molar-refractivity contribution in [1.29, 1.82) is 0 Å². The lowest BCUT2D eigenvalue weighted by Crippen LogP contribution is -2.33. The summed E-state index contributed by atoms with van der Waals surface area (Å²) >= 11 is 9.31. The second-order valence-corrected chi connectivity index (χ2v) is 8.99. The number of nitro groups is 2. The van der Waals surface area contributed by atoms with E-state index in [9.17, 15) is 29.8 Å². The monoisotopic (exact) mass is 569 g/mol. The lowest BCUT2D eigenvalue weighted by molar-refractivity contribution is -0.394. The number of nitro benzene ring substituents is 2. The summed E-state index contributed by atoms with van der Waals surface area (Å²) in [6.07, 6.45) is 1.48. The van der Waals surface area contributed by atoms with E-state index in [0.717, 1.165) is 34.9 Å². The van der Waals surface area contributed by atoms with Crippen LogP contribution in [0.15, 0.2) is 39.7 Å². The maximum atomic E-state index is 12.5. The predicted molar refractivity (Wildman–Crippen MR) is 128 cm³/mol. The van der Waals surface area contributed by atoms with Gasteiger partial charge in [-0.2, -0.15) is 0 Å². The molecule has 12 nitrogen and oxygen atoms in total. The second-order valence-electron chi connectivity index (χ2n) is 6.46. The number of carbonyl (C=O) groups is 2. The minimum Gasteiger partial charge on any atom is -0.493 e. The van der Waals surface area contributed by atoms with Crippen LogP contribution < -0.4 is 9.47 Å². The summed E-state index contributed by atoms with van der Waals surface area (Å²) in [6.45, 7) is -0.560. The first-order valence-corrected chi connectivity index (χ1v) is 11.0. The van der Waals surface area contributed by atoms with Crippen LogP contribution in [0.1, 0.15) is 5.56 Å². The van der Waals surface area contributed by atoms with E-state index < -0.39 is 39.6 Å². The van der Waals surface area contributed by atoms with Gasteiger partial charge in [0.05, 0.1) is 32.4 Å². The molecule has 0 aromatic heterocycles. The third-order valence-corrected chi connectivity index (χ3v) is 6.25. The summed E-state index contributed by atoms with van der Waals surface area (Å²) < 4.78 is 11.4. The smallest absolute Gasteiger partial charge is 0.323 e. The van der Waals surface area contributed by atoms with Crippen molar-refractivity contribution in [3.8, 4) is 17.2 Å². The molecule has 0 atom stereocenters. The normalized spacial score (nSPS) is 14.4. The number of non-ortho nitro benzene ring substituents is 1. The lowest BCUT2D eigenvalue weighted by Gasteiger charge is -2.13. The minimum absolute atomic E-state index is 0.0510. The van der Waals surface area contributed by atoms with Gasteiger partial charge in [-0.15, -0.1) is 0 Å². The Morgan fingerprint density at radius 3 is 2.53 bits per heavy atom. The first-order chi connectivity index (χ1) is 16.0. The molecule has 0 aliphatic carbocycles. The molecule has 0 saturated carbocycles. The predicted octanol–water partition coefficient (Wildman–Crippen LogP) is 4.35. The first kappa shape index (κ1) is 25.1. The average Bonchev–Trinajstić information content (AvgIpc) is 3.02. The van der Waals surface area contributed by atoms with Crippen molar-refractivity contribution >= 4 is 73.6 Å². The molecule has 0 bridgehead atoms. The molecule has 0 spiro atoms. The van der Waals surface area contributed by atoms with Gasteiger partial charge in [0, 0.05) is 6.07 Å². The highest BCUT2D eigenvalue weighted by molar-refractivity contribution is 9.10. The molecule has 0 radical (unpaired) electrons. The van der Waals surface area contributed by atoms with E-state index in [1.54, 1.807) is 6.07 Å². The number of carboxylic acid groups (broad SMARTS) is 1. The van der Waals surface area contributed by atoms with Gasteiger partial charge in [0.1, 0.15) is 10.9 Å². The SMILES string of the molecule is COc1cc(/C=C2/SC(=S)N(CC(=O)O)C2=O)cc(Br)c1Oc1ccc([N+](=O)[O-])cc1[N+](=O)[O-]. The number of methoxy groups -OCH3 is 1. The molecule has 1 aliphatic heterocycles. The number of ether oxygens (including phenoxy) is 2. The number of halogens is 1. The van der Waals surface area contributed by atoms with Crippen LogP contribution in [-0.4, -0.2) is 49.7 Å². The van der Waals surface area contributed by atoms with Gasteiger partial charge in [-0.1, -0.05) is 24.0 Å². The van der Waals surface area contributed by atoms with E-state index in [1.807, 2.05) is 0 Å². The Bertz CT molecular complexity index is 1280. The number of rotatable bonds is 8. The Morgan fingerprint density at radius 2 is 1.94 bits per heavy atom. The first-order valence-electron chi connectivity index (χ1n) is 8.97. The van der Waals surface area contributed by atoms with Crippen LogP contribution >= 0.6 is 39.9 Å². The van der Waals surface area contributed by atoms with Crippen LogP contribution in [0.5, 0.6) is 17.2 Å². The summed E-state index contributed by atoms with van der Waals surface area (Å²) in [5.74, 6) is -1.83. The highest BCUT2D eigenvalue weighted by atomic mass is 79.9. The number of thioether (sulfide) groups is 1. The molecule has 3 rings (SSSR count). The molecule has 1 aliphatic rings. The molecular weight excluding hydrogens is 558 g/mol. The Morgan fingerprint density at radius 1 is 1.24 bits per heavy atom. The van der Waals surface area contributed by atoms with Crippen molar-refractivity contribution < 1.29 is 34.0 Å². The molecule has 15 heteroatoms. The second kappa shape index (κ2) is 10.1. The van der Waals surface area contributed by atoms with E-state index in [-0.39, 0.29) is 26.5 Å². The topological polar surface area (TPSA) is 162 Å². The molecule has 2 aromatic rings. The van der Waals surface area contributed by atoms with Crippen molar-refractivity contribution in [3.63, 3.8) is 0 Å². The minimum atomic E-state index is -1.20. The lowest BCUT2D eigenvalue weighted by atomic mass is 10.1. The molecule has 1 saturated heterocycles. The fourth-order valence-corrected chi connectivity index (χ4v) is 4.60. The molecule has 0 unspecified atom stereocenters. The summed E-state index contributed by atoms with van der Waals surface area (Å²) in [5, 5.41) is 31.3. The maximum absolute atomic E-state index is 12.5. The zero-order valence-corrected chi connectivity index (χ0v) is 20.1. The Kier molecular flexibility index (Phi) is 7.48. The van der Waals surface area contributed by atoms with Gasteiger partial charge in [0.25, 0.3) is 11.6 Å². The van der Waals surface area contributed by atoms with E-state index >= 15 is 0 Å². The summed E-state index contributed by atoms with van der Waals surface area (Å²) in [7, 11) is 1.33. The van der Waals surface area contributed by atoms with Crippen LogP contribution in [-0.2, 0) is 9.59 Å². The van der Waals surface area contributed by atoms with E-state index in [2.05, 4.69) is 15.9 Å². The van der Waals surface area contributed by atoms with Crippen molar-refractivity contribution in [2.45, 2.75) is 0 Å². The zero-order valence-electron chi connectivity index (χ0n) is 16.9. The highest BCUT2D eigenvalue weighted by Crippen LogP contribution is 2.43. The van der Waals surface area contributed by atoms with E-state index in [0.29, 0.717) is 10.0 Å². The van der Waals surface area contributed by atoms with Crippen LogP contribution in [0.2, 0.25) is 0 Å². The van der Waals surface area contributed by atoms with Crippen LogP contribution in [0.25, 0.3) is 6.08 Å². The molecule has 1 fully saturated rings. The van der Waals surface area contributed by atoms with E-state index in [1.165, 1.54) is 19.3 Å². The molecule has 1 amide bonds. The van der Waals surface area contributed by atoms with Crippen LogP contribution in [0.4, 0.5) is 11.4 Å². The molecule has 176 valence electrons. The van der Waals surface area contributed by atoms with Crippen molar-refractivity contribution in [2.24, 2.45) is 0 Å². The van der Waals surface area contributed by atoms with Gasteiger partial charge < -0.3 is 14.6 Å². The van der Waals surface area contributed by atoms with Crippen molar-refractivity contribution in [3.05, 3.63) is 65.5 Å². The Labute approximate surface area is 208 Å².